The van der Waals surface area contributed by atoms with Crippen LogP contribution in [0.15, 0.2) is 82.6 Å². The van der Waals surface area contributed by atoms with Crippen LogP contribution in [0.2, 0.25) is 0 Å². The quantitative estimate of drug-likeness (QED) is 0.200. The minimum absolute atomic E-state index is 0.0871. The van der Waals surface area contributed by atoms with E-state index in [0.717, 1.165) is 11.3 Å². The van der Waals surface area contributed by atoms with Gasteiger partial charge in [-0.3, -0.25) is 19.2 Å². The van der Waals surface area contributed by atoms with Gasteiger partial charge in [-0.1, -0.05) is 47.4 Å². The molecule has 12 heteroatoms. The molecule has 3 atom stereocenters. The zero-order valence-electron chi connectivity index (χ0n) is 22.2. The summed E-state index contributed by atoms with van der Waals surface area (Å²) in [4.78, 5) is 56.8. The van der Waals surface area contributed by atoms with Gasteiger partial charge in [-0.2, -0.15) is 0 Å². The first-order valence-corrected chi connectivity index (χ1v) is 14.8. The van der Waals surface area contributed by atoms with Crippen LogP contribution in [0.5, 0.6) is 17.2 Å². The molecule has 214 valence electrons. The molecule has 1 saturated heterocycles. The third kappa shape index (κ3) is 5.14. The Balaban J connectivity index is 1.31. The Labute approximate surface area is 248 Å². The molecular formula is C30H25N3O7S2. The van der Waals surface area contributed by atoms with Crippen LogP contribution in [0.3, 0.4) is 0 Å². The van der Waals surface area contributed by atoms with Crippen molar-refractivity contribution in [3.8, 4) is 17.2 Å². The molecule has 10 nitrogen and oxygen atoms in total. The van der Waals surface area contributed by atoms with Crippen molar-refractivity contribution in [1.29, 1.82) is 0 Å². The van der Waals surface area contributed by atoms with Crippen molar-refractivity contribution in [1.82, 2.24) is 4.98 Å². The number of hydrogen-bond acceptors (Lipinski definition) is 9. The van der Waals surface area contributed by atoms with Crippen molar-refractivity contribution in [3.05, 3.63) is 92.9 Å². The molecule has 0 aliphatic carbocycles. The van der Waals surface area contributed by atoms with Crippen LogP contribution in [0, 0.1) is 5.92 Å². The first-order valence-electron chi connectivity index (χ1n) is 13.1. The summed E-state index contributed by atoms with van der Waals surface area (Å²) in [5, 5.41) is 12.0. The van der Waals surface area contributed by atoms with Gasteiger partial charge in [0.1, 0.15) is 11.0 Å². The number of aromatic nitrogens is 1. The number of nitrogens with one attached hydrogen (secondary N) is 2. The Bertz CT molecular complexity index is 1720. The van der Waals surface area contributed by atoms with Crippen LogP contribution >= 0.6 is 23.1 Å². The SMILES string of the molecule is CCOc1cc([C@H]2c3sc(=O)[nH]c3SC3C(=O)N(c4ccccc4)C(=O)C32)ccc1OCC(=O)Nc1ccc(O)cc1. The number of imide groups is 1. The zero-order valence-corrected chi connectivity index (χ0v) is 23.9. The van der Waals surface area contributed by atoms with Gasteiger partial charge >= 0.3 is 4.87 Å². The summed E-state index contributed by atoms with van der Waals surface area (Å²) in [7, 11) is 0. The fraction of sp³-hybridized carbons (Fsp3) is 0.200. The molecule has 3 aromatic carbocycles. The van der Waals surface area contributed by atoms with Gasteiger partial charge in [-0.15, -0.1) is 0 Å². The molecule has 3 heterocycles. The summed E-state index contributed by atoms with van der Waals surface area (Å²) in [5.41, 5.74) is 1.69. The lowest BCUT2D eigenvalue weighted by molar-refractivity contribution is -0.122. The normalized spacial score (nSPS) is 19.3. The summed E-state index contributed by atoms with van der Waals surface area (Å²) in [6.45, 7) is 1.83. The third-order valence-electron chi connectivity index (χ3n) is 6.97. The van der Waals surface area contributed by atoms with Crippen molar-refractivity contribution >= 4 is 52.2 Å². The maximum absolute atomic E-state index is 13.9. The molecule has 0 saturated carbocycles. The highest BCUT2D eigenvalue weighted by atomic mass is 32.2. The molecule has 42 heavy (non-hydrogen) atoms. The summed E-state index contributed by atoms with van der Waals surface area (Å²) in [6.07, 6.45) is 0. The van der Waals surface area contributed by atoms with Gasteiger partial charge in [0.25, 0.3) is 5.91 Å². The molecular weight excluding hydrogens is 578 g/mol. The average molecular weight is 604 g/mol. The van der Waals surface area contributed by atoms with Crippen molar-refractivity contribution in [3.63, 3.8) is 0 Å². The zero-order chi connectivity index (χ0) is 29.4. The van der Waals surface area contributed by atoms with Crippen LogP contribution in [0.25, 0.3) is 0 Å². The van der Waals surface area contributed by atoms with Crippen molar-refractivity contribution in [2.75, 3.05) is 23.4 Å². The number of aromatic hydroxyl groups is 1. The van der Waals surface area contributed by atoms with Crippen molar-refractivity contribution in [2.45, 2.75) is 23.1 Å². The van der Waals surface area contributed by atoms with Gasteiger partial charge in [0.15, 0.2) is 18.1 Å². The Morgan fingerprint density at radius 2 is 1.74 bits per heavy atom. The number of phenolic OH excluding ortho intramolecular Hbond substituents is 1. The van der Waals surface area contributed by atoms with Crippen LogP contribution in [0.4, 0.5) is 11.4 Å². The number of aromatic amines is 1. The number of phenols is 1. The second-order valence-corrected chi connectivity index (χ2v) is 11.8. The number of nitrogens with zero attached hydrogens (tertiary/aromatic N) is 1. The summed E-state index contributed by atoms with van der Waals surface area (Å²) in [6, 6.07) is 20.0. The molecule has 1 fully saturated rings. The number of para-hydroxylation sites is 1. The summed E-state index contributed by atoms with van der Waals surface area (Å²) in [5.74, 6) is -1.60. The highest BCUT2D eigenvalue weighted by Gasteiger charge is 2.56. The molecule has 3 N–H and O–H groups in total. The monoisotopic (exact) mass is 603 g/mol. The lowest BCUT2D eigenvalue weighted by Crippen LogP contribution is -2.32. The van der Waals surface area contributed by atoms with Crippen LogP contribution in [-0.4, -0.2) is 46.3 Å². The van der Waals surface area contributed by atoms with E-state index in [2.05, 4.69) is 10.3 Å². The van der Waals surface area contributed by atoms with E-state index in [9.17, 15) is 24.3 Å². The number of ether oxygens (including phenoxy) is 2. The molecule has 1 aromatic heterocycles. The van der Waals surface area contributed by atoms with Crippen LogP contribution < -0.4 is 24.6 Å². The summed E-state index contributed by atoms with van der Waals surface area (Å²) >= 11 is 2.24. The molecule has 6 rings (SSSR count). The van der Waals surface area contributed by atoms with E-state index in [1.165, 1.54) is 28.8 Å². The van der Waals surface area contributed by atoms with Crippen LogP contribution in [-0.2, 0) is 14.4 Å². The predicted octanol–water partition coefficient (Wildman–Crippen LogP) is 4.35. The number of hydrogen-bond donors (Lipinski definition) is 3. The first kappa shape index (κ1) is 27.6. The van der Waals surface area contributed by atoms with E-state index in [-0.39, 0.29) is 29.0 Å². The lowest BCUT2D eigenvalue weighted by Gasteiger charge is -2.30. The second kappa shape index (κ2) is 11.4. The van der Waals surface area contributed by atoms with Gasteiger partial charge in [0, 0.05) is 16.5 Å². The Kier molecular flexibility index (Phi) is 7.48. The van der Waals surface area contributed by atoms with Gasteiger partial charge < -0.3 is 24.9 Å². The fourth-order valence-corrected chi connectivity index (χ4v) is 7.71. The Morgan fingerprint density at radius 1 is 0.976 bits per heavy atom. The number of benzene rings is 3. The van der Waals surface area contributed by atoms with Crippen LogP contribution in [0.1, 0.15) is 23.3 Å². The molecule has 2 aliphatic heterocycles. The number of carbonyl (C=O) groups is 3. The van der Waals surface area contributed by atoms with Gasteiger partial charge in [0.2, 0.25) is 11.8 Å². The molecule has 0 radical (unpaired) electrons. The van der Waals surface area contributed by atoms with E-state index in [0.29, 0.717) is 44.9 Å². The molecule has 2 aliphatic rings. The number of rotatable bonds is 8. The van der Waals surface area contributed by atoms with E-state index >= 15 is 0 Å². The standard InChI is InChI=1S/C30H25N3O7S2/c1-2-39-21-14-16(8-13-20(21)40-15-22(35)31-17-9-11-19(34)12-10-17)23-24-26(41-27-25(23)42-30(38)32-27)29(37)33(28(24)36)18-6-4-3-5-7-18/h3-14,23-24,26,34H,2,15H2,1H3,(H,31,35)(H,32,38)/t23-,24?,26?/m1/s1. The molecule has 0 spiro atoms. The smallest absolute Gasteiger partial charge is 0.305 e. The fourth-order valence-electron chi connectivity index (χ4n) is 5.20. The lowest BCUT2D eigenvalue weighted by atomic mass is 9.83. The Morgan fingerprint density at radius 3 is 2.48 bits per heavy atom. The molecule has 3 amide bonds. The van der Waals surface area contributed by atoms with Gasteiger partial charge in [-0.05, 0) is 61.0 Å². The average Bonchev–Trinajstić information content (AvgIpc) is 3.48. The van der Waals surface area contributed by atoms with Gasteiger partial charge in [0.05, 0.1) is 23.2 Å². The topological polar surface area (TPSA) is 138 Å². The minimum Gasteiger partial charge on any atom is -0.508 e. The maximum Gasteiger partial charge on any atom is 0.305 e. The molecule has 2 unspecified atom stereocenters. The van der Waals surface area contributed by atoms with E-state index in [4.69, 9.17) is 9.47 Å². The largest absolute Gasteiger partial charge is 0.508 e. The van der Waals surface area contributed by atoms with E-state index in [1.807, 2.05) is 13.0 Å². The van der Waals surface area contributed by atoms with Crippen molar-refractivity contribution < 1.29 is 29.0 Å². The minimum atomic E-state index is -0.737. The highest BCUT2D eigenvalue weighted by molar-refractivity contribution is 8.00. The predicted molar refractivity (Wildman–Crippen MR) is 159 cm³/mol. The number of carbonyl (C=O) groups excluding carboxylic acids is 3. The molecule has 4 aromatic rings. The number of fused-ring (bicyclic) bond motifs is 2. The molecule has 0 bridgehead atoms. The third-order valence-corrected chi connectivity index (χ3v) is 9.38. The van der Waals surface area contributed by atoms with E-state index < -0.39 is 23.0 Å². The Hall–Kier alpha value is -4.55. The number of thiazole rings is 1. The van der Waals surface area contributed by atoms with Gasteiger partial charge in [-0.25, -0.2) is 4.90 Å². The second-order valence-electron chi connectivity index (χ2n) is 9.62. The number of anilines is 2. The van der Waals surface area contributed by atoms with E-state index in [1.54, 1.807) is 54.6 Å². The number of amides is 3. The first-order chi connectivity index (χ1) is 20.3. The number of H-pyrrole nitrogens is 1. The highest BCUT2D eigenvalue weighted by Crippen LogP contribution is 2.53. The maximum atomic E-state index is 13.9. The summed E-state index contributed by atoms with van der Waals surface area (Å²) < 4.78 is 11.6. The van der Waals surface area contributed by atoms with Crippen molar-refractivity contribution in [2.24, 2.45) is 5.92 Å². The number of thioether (sulfide) groups is 1.